The maximum atomic E-state index is 5.66. The van der Waals surface area contributed by atoms with Gasteiger partial charge in [0.05, 0.1) is 7.11 Å². The highest BCUT2D eigenvalue weighted by Crippen LogP contribution is 2.25. The molecule has 2 nitrogen and oxygen atoms in total. The summed E-state index contributed by atoms with van der Waals surface area (Å²) in [6.45, 7) is 2.00. The number of ether oxygens (including phenoxy) is 1. The van der Waals surface area contributed by atoms with Crippen molar-refractivity contribution in [2.24, 2.45) is 5.73 Å². The molecule has 1 aromatic rings. The van der Waals surface area contributed by atoms with Gasteiger partial charge in [-0.05, 0) is 18.4 Å². The molecule has 1 aromatic heterocycles. The maximum Gasteiger partial charge on any atom is 0.132 e. The van der Waals surface area contributed by atoms with Crippen molar-refractivity contribution in [3.05, 3.63) is 16.3 Å². The molecule has 0 radical (unpaired) electrons. The smallest absolute Gasteiger partial charge is 0.132 e. The zero-order valence-corrected chi connectivity index (χ0v) is 7.65. The number of rotatable bonds is 3. The second kappa shape index (κ2) is 3.74. The van der Waals surface area contributed by atoms with Gasteiger partial charge in [-0.3, -0.25) is 0 Å². The number of methoxy groups -OCH3 is 1. The first-order valence-corrected chi connectivity index (χ1v) is 4.48. The molecule has 2 N–H and O–H groups in total. The van der Waals surface area contributed by atoms with Crippen LogP contribution in [0.5, 0.6) is 5.75 Å². The van der Waals surface area contributed by atoms with Gasteiger partial charge in [0.15, 0.2) is 0 Å². The van der Waals surface area contributed by atoms with E-state index in [2.05, 4.69) is 0 Å². The molecule has 0 aliphatic carbocycles. The van der Waals surface area contributed by atoms with E-state index in [4.69, 9.17) is 10.5 Å². The van der Waals surface area contributed by atoms with E-state index in [1.165, 1.54) is 4.88 Å². The van der Waals surface area contributed by atoms with Crippen LogP contribution in [0.4, 0.5) is 0 Å². The SMILES string of the molecule is COc1ccsc1C[C@H](C)N. The summed E-state index contributed by atoms with van der Waals surface area (Å²) in [5.74, 6) is 0.965. The summed E-state index contributed by atoms with van der Waals surface area (Å²) in [6, 6.07) is 2.19. The molecule has 62 valence electrons. The molecule has 0 amide bonds. The van der Waals surface area contributed by atoms with Crippen LogP contribution in [-0.2, 0) is 6.42 Å². The molecule has 3 heteroatoms. The van der Waals surface area contributed by atoms with Crippen molar-refractivity contribution in [1.82, 2.24) is 0 Å². The van der Waals surface area contributed by atoms with Crippen LogP contribution in [0.15, 0.2) is 11.4 Å². The molecule has 11 heavy (non-hydrogen) atoms. The van der Waals surface area contributed by atoms with Crippen LogP contribution in [-0.4, -0.2) is 13.2 Å². The van der Waals surface area contributed by atoms with Crippen LogP contribution < -0.4 is 10.5 Å². The van der Waals surface area contributed by atoms with E-state index in [9.17, 15) is 0 Å². The predicted octanol–water partition coefficient (Wildman–Crippen LogP) is 1.65. The number of hydrogen-bond donors (Lipinski definition) is 1. The van der Waals surface area contributed by atoms with Gasteiger partial charge in [0.2, 0.25) is 0 Å². The Bertz CT molecular complexity index is 220. The molecule has 0 saturated carbocycles. The maximum absolute atomic E-state index is 5.66. The Morgan fingerprint density at radius 1 is 1.73 bits per heavy atom. The summed E-state index contributed by atoms with van der Waals surface area (Å²) in [7, 11) is 1.69. The minimum Gasteiger partial charge on any atom is -0.496 e. The Morgan fingerprint density at radius 3 is 3.00 bits per heavy atom. The molecule has 0 spiro atoms. The molecule has 0 aromatic carbocycles. The van der Waals surface area contributed by atoms with Gasteiger partial charge in [-0.15, -0.1) is 11.3 Å². The fourth-order valence-corrected chi connectivity index (χ4v) is 1.93. The van der Waals surface area contributed by atoms with Crippen molar-refractivity contribution in [2.75, 3.05) is 7.11 Å². The van der Waals surface area contributed by atoms with Gasteiger partial charge in [-0.25, -0.2) is 0 Å². The summed E-state index contributed by atoms with van der Waals surface area (Å²) in [5.41, 5.74) is 5.66. The van der Waals surface area contributed by atoms with Crippen LogP contribution in [0.2, 0.25) is 0 Å². The topological polar surface area (TPSA) is 35.2 Å². The van der Waals surface area contributed by atoms with Crippen molar-refractivity contribution in [2.45, 2.75) is 19.4 Å². The van der Waals surface area contributed by atoms with Gasteiger partial charge in [0.25, 0.3) is 0 Å². The molecular weight excluding hydrogens is 158 g/mol. The summed E-state index contributed by atoms with van der Waals surface area (Å²) in [6.07, 6.45) is 0.904. The van der Waals surface area contributed by atoms with Crippen molar-refractivity contribution in [1.29, 1.82) is 0 Å². The quantitative estimate of drug-likeness (QED) is 0.750. The Hall–Kier alpha value is -0.540. The average molecular weight is 171 g/mol. The fourth-order valence-electron chi connectivity index (χ4n) is 0.952. The second-order valence-corrected chi connectivity index (χ2v) is 3.59. The van der Waals surface area contributed by atoms with Gasteiger partial charge in [0, 0.05) is 17.3 Å². The summed E-state index contributed by atoms with van der Waals surface area (Å²) >= 11 is 1.70. The zero-order chi connectivity index (χ0) is 8.27. The highest BCUT2D eigenvalue weighted by atomic mass is 32.1. The molecule has 0 unspecified atom stereocenters. The molecule has 1 rings (SSSR count). The molecule has 0 saturated heterocycles. The summed E-state index contributed by atoms with van der Waals surface area (Å²) in [5, 5.41) is 2.02. The predicted molar refractivity (Wildman–Crippen MR) is 48.2 cm³/mol. The molecule has 0 bridgehead atoms. The molecule has 0 aliphatic rings. The van der Waals surface area contributed by atoms with E-state index < -0.39 is 0 Å². The van der Waals surface area contributed by atoms with Gasteiger partial charge in [-0.2, -0.15) is 0 Å². The molecular formula is C8H13NOS. The largest absolute Gasteiger partial charge is 0.496 e. The Kier molecular flexibility index (Phi) is 2.91. The second-order valence-electron chi connectivity index (χ2n) is 2.59. The van der Waals surface area contributed by atoms with Crippen LogP contribution in [0.1, 0.15) is 11.8 Å². The van der Waals surface area contributed by atoms with Gasteiger partial charge in [0.1, 0.15) is 5.75 Å². The molecule has 0 aliphatic heterocycles. The number of thiophene rings is 1. The van der Waals surface area contributed by atoms with E-state index in [0.717, 1.165) is 12.2 Å². The first-order valence-electron chi connectivity index (χ1n) is 3.60. The first kappa shape index (κ1) is 8.56. The third-order valence-corrected chi connectivity index (χ3v) is 2.36. The molecule has 1 atom stereocenters. The lowest BCUT2D eigenvalue weighted by molar-refractivity contribution is 0.411. The first-order chi connectivity index (χ1) is 5.24. The van der Waals surface area contributed by atoms with Crippen LogP contribution in [0.25, 0.3) is 0 Å². The van der Waals surface area contributed by atoms with Crippen molar-refractivity contribution >= 4 is 11.3 Å². The van der Waals surface area contributed by atoms with Crippen molar-refractivity contribution < 1.29 is 4.74 Å². The third kappa shape index (κ3) is 2.20. The average Bonchev–Trinajstić information content (AvgIpc) is 2.34. The highest BCUT2D eigenvalue weighted by Gasteiger charge is 2.05. The standard InChI is InChI=1S/C8H13NOS/c1-6(9)5-8-7(10-2)3-4-11-8/h3-4,6H,5,9H2,1-2H3/t6-/m0/s1. The van der Waals surface area contributed by atoms with Crippen LogP contribution in [0.3, 0.4) is 0 Å². The van der Waals surface area contributed by atoms with E-state index in [1.807, 2.05) is 18.4 Å². The van der Waals surface area contributed by atoms with E-state index >= 15 is 0 Å². The Labute approximate surface area is 71.0 Å². The van der Waals surface area contributed by atoms with Gasteiger partial charge >= 0.3 is 0 Å². The van der Waals surface area contributed by atoms with Crippen LogP contribution >= 0.6 is 11.3 Å². The fraction of sp³-hybridized carbons (Fsp3) is 0.500. The Morgan fingerprint density at radius 2 is 2.45 bits per heavy atom. The highest BCUT2D eigenvalue weighted by molar-refractivity contribution is 7.10. The third-order valence-electron chi connectivity index (χ3n) is 1.43. The monoisotopic (exact) mass is 171 g/mol. The molecule has 1 heterocycles. The normalized spacial score (nSPS) is 13.0. The minimum atomic E-state index is 0.211. The number of hydrogen-bond acceptors (Lipinski definition) is 3. The summed E-state index contributed by atoms with van der Waals surface area (Å²) in [4.78, 5) is 1.24. The lowest BCUT2D eigenvalue weighted by Gasteiger charge is -2.04. The van der Waals surface area contributed by atoms with Gasteiger partial charge in [-0.1, -0.05) is 0 Å². The zero-order valence-electron chi connectivity index (χ0n) is 6.83. The Balaban J connectivity index is 2.68. The van der Waals surface area contributed by atoms with Gasteiger partial charge < -0.3 is 10.5 Å². The minimum absolute atomic E-state index is 0.211. The van der Waals surface area contributed by atoms with Crippen molar-refractivity contribution in [3.63, 3.8) is 0 Å². The van der Waals surface area contributed by atoms with E-state index in [0.29, 0.717) is 0 Å². The van der Waals surface area contributed by atoms with Crippen LogP contribution in [0, 0.1) is 0 Å². The van der Waals surface area contributed by atoms with E-state index in [-0.39, 0.29) is 6.04 Å². The number of nitrogens with two attached hydrogens (primary N) is 1. The lowest BCUT2D eigenvalue weighted by atomic mass is 10.2. The lowest BCUT2D eigenvalue weighted by Crippen LogP contribution is -2.17. The molecule has 0 fully saturated rings. The van der Waals surface area contributed by atoms with E-state index in [1.54, 1.807) is 18.4 Å². The van der Waals surface area contributed by atoms with Crippen molar-refractivity contribution in [3.8, 4) is 5.75 Å². The summed E-state index contributed by atoms with van der Waals surface area (Å²) < 4.78 is 5.14.